The molecule has 0 spiro atoms. The second-order valence-corrected chi connectivity index (χ2v) is 10.1. The van der Waals surface area contributed by atoms with E-state index in [1.165, 1.54) is 5.56 Å². The van der Waals surface area contributed by atoms with E-state index in [1.807, 2.05) is 45.0 Å². The first kappa shape index (κ1) is 25.1. The monoisotopic (exact) mass is 502 g/mol. The van der Waals surface area contributed by atoms with E-state index in [0.717, 1.165) is 47.8 Å². The number of carbonyl (C=O) groups is 1. The zero-order chi connectivity index (χ0) is 25.8. The van der Waals surface area contributed by atoms with Gasteiger partial charge >= 0.3 is 0 Å². The Morgan fingerprint density at radius 2 is 1.89 bits per heavy atom. The molecule has 5 rings (SSSR count). The highest BCUT2D eigenvalue weighted by Crippen LogP contribution is 2.31. The molecule has 0 atom stereocenters. The first-order valence-electron chi connectivity index (χ1n) is 12.7. The molecule has 1 aromatic heterocycles. The molecule has 0 radical (unpaired) electrons. The number of nitrogens with one attached hydrogen (secondary N) is 4. The highest BCUT2D eigenvalue weighted by atomic mass is 16.5. The summed E-state index contributed by atoms with van der Waals surface area (Å²) in [4.78, 5) is 21.9. The molecule has 1 fully saturated rings. The topological polar surface area (TPSA) is 109 Å². The van der Waals surface area contributed by atoms with Crippen LogP contribution in [-0.4, -0.2) is 41.1 Å². The zero-order valence-corrected chi connectivity index (χ0v) is 21.6. The second-order valence-electron chi connectivity index (χ2n) is 10.1. The summed E-state index contributed by atoms with van der Waals surface area (Å²) in [7, 11) is 0. The van der Waals surface area contributed by atoms with Crippen LogP contribution in [0.2, 0.25) is 0 Å². The SMILES string of the molecule is CCC(C)(C)NC(=O)COc1cccc(-c2nc3c(c(Nc4ccc(C5CNNC5)cc4)n2)COC3)c1. The summed E-state index contributed by atoms with van der Waals surface area (Å²) in [5, 5.41) is 6.45. The van der Waals surface area contributed by atoms with Crippen molar-refractivity contribution >= 4 is 17.4 Å². The van der Waals surface area contributed by atoms with E-state index in [1.54, 1.807) is 0 Å². The molecule has 0 saturated carbocycles. The Bertz CT molecular complexity index is 1260. The lowest BCUT2D eigenvalue weighted by Crippen LogP contribution is -2.44. The van der Waals surface area contributed by atoms with Gasteiger partial charge in [-0.25, -0.2) is 9.97 Å². The van der Waals surface area contributed by atoms with Gasteiger partial charge in [-0.2, -0.15) is 0 Å². The van der Waals surface area contributed by atoms with Crippen molar-refractivity contribution in [1.29, 1.82) is 0 Å². The summed E-state index contributed by atoms with van der Waals surface area (Å²) < 4.78 is 11.5. The van der Waals surface area contributed by atoms with E-state index < -0.39 is 0 Å². The molecule has 2 aromatic carbocycles. The Morgan fingerprint density at radius 3 is 2.65 bits per heavy atom. The molecule has 1 saturated heterocycles. The number of hydrogen-bond acceptors (Lipinski definition) is 8. The fraction of sp³-hybridized carbons (Fsp3) is 0.393. The third-order valence-corrected chi connectivity index (χ3v) is 6.87. The smallest absolute Gasteiger partial charge is 0.258 e. The van der Waals surface area contributed by atoms with E-state index in [4.69, 9.17) is 19.4 Å². The van der Waals surface area contributed by atoms with Crippen LogP contribution in [0.1, 0.15) is 49.9 Å². The number of hydrogen-bond donors (Lipinski definition) is 4. The number of fused-ring (bicyclic) bond motifs is 1. The number of benzene rings is 2. The minimum Gasteiger partial charge on any atom is -0.484 e. The number of ether oxygens (including phenoxy) is 2. The molecule has 9 heteroatoms. The third-order valence-electron chi connectivity index (χ3n) is 6.87. The average molecular weight is 503 g/mol. The maximum absolute atomic E-state index is 12.3. The molecule has 4 N–H and O–H groups in total. The Balaban J connectivity index is 1.33. The fourth-order valence-electron chi connectivity index (χ4n) is 4.33. The predicted octanol–water partition coefficient (Wildman–Crippen LogP) is 3.79. The number of carbonyl (C=O) groups excluding carboxylic acids is 1. The lowest BCUT2D eigenvalue weighted by Gasteiger charge is -2.24. The van der Waals surface area contributed by atoms with Gasteiger partial charge in [-0.05, 0) is 50.1 Å². The summed E-state index contributed by atoms with van der Waals surface area (Å²) in [5.74, 6) is 2.22. The van der Waals surface area contributed by atoms with Gasteiger partial charge in [0.25, 0.3) is 5.91 Å². The number of aromatic nitrogens is 2. The van der Waals surface area contributed by atoms with E-state index >= 15 is 0 Å². The molecule has 0 unspecified atom stereocenters. The molecule has 2 aliphatic rings. The Kier molecular flexibility index (Phi) is 7.36. The number of hydrazine groups is 1. The van der Waals surface area contributed by atoms with Crippen LogP contribution in [0.4, 0.5) is 11.5 Å². The van der Waals surface area contributed by atoms with Crippen LogP contribution in [0.3, 0.4) is 0 Å². The van der Waals surface area contributed by atoms with Gasteiger partial charge in [-0.15, -0.1) is 0 Å². The molecule has 1 amide bonds. The summed E-state index contributed by atoms with van der Waals surface area (Å²) in [6.07, 6.45) is 0.837. The molecular weight excluding hydrogens is 468 g/mol. The molecule has 0 bridgehead atoms. The van der Waals surface area contributed by atoms with Gasteiger partial charge in [0.15, 0.2) is 12.4 Å². The molecular formula is C28H34N6O3. The molecule has 0 aliphatic carbocycles. The Labute approximate surface area is 217 Å². The van der Waals surface area contributed by atoms with Crippen molar-refractivity contribution in [3.8, 4) is 17.1 Å². The predicted molar refractivity (Wildman–Crippen MR) is 142 cm³/mol. The molecule has 37 heavy (non-hydrogen) atoms. The van der Waals surface area contributed by atoms with Gasteiger partial charge in [-0.1, -0.05) is 31.2 Å². The Hall–Kier alpha value is -3.53. The van der Waals surface area contributed by atoms with Gasteiger partial charge in [0.2, 0.25) is 0 Å². The lowest BCUT2D eigenvalue weighted by molar-refractivity contribution is -0.124. The highest BCUT2D eigenvalue weighted by molar-refractivity contribution is 5.78. The van der Waals surface area contributed by atoms with E-state index in [0.29, 0.717) is 30.7 Å². The highest BCUT2D eigenvalue weighted by Gasteiger charge is 2.22. The van der Waals surface area contributed by atoms with E-state index in [2.05, 4.69) is 45.8 Å². The summed E-state index contributed by atoms with van der Waals surface area (Å²) >= 11 is 0. The maximum atomic E-state index is 12.3. The number of anilines is 2. The fourth-order valence-corrected chi connectivity index (χ4v) is 4.33. The minimum atomic E-state index is -0.267. The van der Waals surface area contributed by atoms with Crippen molar-refractivity contribution in [2.75, 3.05) is 25.0 Å². The van der Waals surface area contributed by atoms with Crippen molar-refractivity contribution < 1.29 is 14.3 Å². The Morgan fingerprint density at radius 1 is 1.11 bits per heavy atom. The van der Waals surface area contributed by atoms with Crippen molar-refractivity contribution in [2.45, 2.75) is 51.9 Å². The first-order valence-corrected chi connectivity index (χ1v) is 12.7. The third kappa shape index (κ3) is 6.07. The van der Waals surface area contributed by atoms with Crippen molar-refractivity contribution in [3.63, 3.8) is 0 Å². The second kappa shape index (κ2) is 10.8. The normalized spacial score (nSPS) is 15.4. The van der Waals surface area contributed by atoms with Gasteiger partial charge in [0.05, 0.1) is 18.9 Å². The van der Waals surface area contributed by atoms with Gasteiger partial charge in [0, 0.05) is 41.4 Å². The number of nitrogens with zero attached hydrogens (tertiary/aromatic N) is 2. The van der Waals surface area contributed by atoms with E-state index in [9.17, 15) is 4.79 Å². The summed E-state index contributed by atoms with van der Waals surface area (Å²) in [6.45, 7) is 8.74. The quantitative estimate of drug-likeness (QED) is 0.350. The van der Waals surface area contributed by atoms with Crippen LogP contribution in [-0.2, 0) is 22.7 Å². The number of rotatable bonds is 9. The summed E-state index contributed by atoms with van der Waals surface area (Å²) in [6, 6.07) is 16.0. The average Bonchev–Trinajstić information content (AvgIpc) is 3.61. The minimum absolute atomic E-state index is 0.0540. The van der Waals surface area contributed by atoms with Crippen LogP contribution in [0.25, 0.3) is 11.4 Å². The molecule has 3 heterocycles. The van der Waals surface area contributed by atoms with Crippen molar-refractivity contribution in [3.05, 3.63) is 65.4 Å². The largest absolute Gasteiger partial charge is 0.484 e. The summed E-state index contributed by atoms with van der Waals surface area (Å²) in [5.41, 5.74) is 11.0. The standard InChI is InChI=1S/C28H34N6O3/c1-4-28(2,3)34-25(35)17-37-22-7-5-6-19(12-22)26-32-24-16-36-15-23(24)27(33-26)31-21-10-8-18(9-11-21)20-13-29-30-14-20/h5-12,20,29-30H,4,13-17H2,1-3H3,(H,34,35)(H,31,32,33). The van der Waals surface area contributed by atoms with Crippen LogP contribution in [0.15, 0.2) is 48.5 Å². The number of amides is 1. The molecule has 3 aromatic rings. The van der Waals surface area contributed by atoms with Crippen molar-refractivity contribution in [1.82, 2.24) is 26.1 Å². The zero-order valence-electron chi connectivity index (χ0n) is 21.6. The van der Waals surface area contributed by atoms with Gasteiger partial charge in [-0.3, -0.25) is 15.6 Å². The maximum Gasteiger partial charge on any atom is 0.258 e. The van der Waals surface area contributed by atoms with Crippen LogP contribution in [0.5, 0.6) is 5.75 Å². The molecule has 9 nitrogen and oxygen atoms in total. The van der Waals surface area contributed by atoms with Crippen LogP contribution < -0.4 is 26.2 Å². The van der Waals surface area contributed by atoms with Gasteiger partial charge < -0.3 is 20.1 Å². The van der Waals surface area contributed by atoms with Gasteiger partial charge in [0.1, 0.15) is 11.6 Å². The van der Waals surface area contributed by atoms with E-state index in [-0.39, 0.29) is 18.1 Å². The first-order chi connectivity index (χ1) is 17.9. The molecule has 2 aliphatic heterocycles. The van der Waals surface area contributed by atoms with Crippen LogP contribution >= 0.6 is 0 Å². The molecule has 194 valence electrons. The van der Waals surface area contributed by atoms with Crippen molar-refractivity contribution in [2.24, 2.45) is 0 Å². The van der Waals surface area contributed by atoms with Crippen LogP contribution in [0, 0.1) is 0 Å². The lowest BCUT2D eigenvalue weighted by atomic mass is 10.0.